The number of hydrogen-bond acceptors (Lipinski definition) is 6. The molecule has 0 unspecified atom stereocenters. The molecule has 0 spiro atoms. The van der Waals surface area contributed by atoms with E-state index in [4.69, 9.17) is 4.98 Å². The summed E-state index contributed by atoms with van der Waals surface area (Å²) in [7, 11) is 3.56. The Morgan fingerprint density at radius 1 is 1.08 bits per heavy atom. The molecule has 8 nitrogen and oxygen atoms in total. The van der Waals surface area contributed by atoms with Crippen molar-refractivity contribution in [1.29, 1.82) is 10.5 Å². The Bertz CT molecular complexity index is 1630. The molecule has 39 heavy (non-hydrogen) atoms. The van der Waals surface area contributed by atoms with Gasteiger partial charge < -0.3 is 19.9 Å². The molecule has 1 heterocycles. The number of imidazole rings is 1. The van der Waals surface area contributed by atoms with Gasteiger partial charge in [0.05, 0.1) is 16.6 Å². The number of nitrogens with zero attached hydrogens (tertiary/aromatic N) is 5. The highest BCUT2D eigenvalue weighted by atomic mass is 16.4. The van der Waals surface area contributed by atoms with Crippen molar-refractivity contribution in [2.24, 2.45) is 0 Å². The number of aromatic nitrogens is 2. The summed E-state index contributed by atoms with van der Waals surface area (Å²) in [5.74, 6) is 0.453. The van der Waals surface area contributed by atoms with Crippen LogP contribution in [0.2, 0.25) is 0 Å². The molecule has 3 aromatic carbocycles. The van der Waals surface area contributed by atoms with E-state index in [1.807, 2.05) is 67.6 Å². The van der Waals surface area contributed by atoms with Crippen LogP contribution in [-0.4, -0.2) is 39.6 Å². The average Bonchev–Trinajstić information content (AvgIpc) is 3.26. The zero-order valence-corrected chi connectivity index (χ0v) is 22.5. The molecule has 8 heteroatoms. The fraction of sp³-hybridized carbons (Fsp3) is 0.226. The Labute approximate surface area is 228 Å². The zero-order valence-electron chi connectivity index (χ0n) is 22.5. The van der Waals surface area contributed by atoms with Crippen LogP contribution in [0, 0.1) is 29.6 Å². The molecule has 196 valence electrons. The predicted molar refractivity (Wildman–Crippen MR) is 152 cm³/mol. The van der Waals surface area contributed by atoms with Crippen LogP contribution in [0.25, 0.3) is 22.2 Å². The lowest BCUT2D eigenvalue weighted by Crippen LogP contribution is -2.20. The van der Waals surface area contributed by atoms with E-state index in [0.717, 1.165) is 52.1 Å². The van der Waals surface area contributed by atoms with Gasteiger partial charge in [-0.15, -0.1) is 0 Å². The van der Waals surface area contributed by atoms with E-state index in [1.165, 1.54) is 0 Å². The van der Waals surface area contributed by atoms with Crippen LogP contribution < -0.4 is 5.32 Å². The molecule has 0 amide bonds. The zero-order chi connectivity index (χ0) is 28.1. The van der Waals surface area contributed by atoms with Gasteiger partial charge in [-0.2, -0.15) is 10.5 Å². The van der Waals surface area contributed by atoms with Gasteiger partial charge in [0, 0.05) is 32.7 Å². The molecule has 0 aliphatic heterocycles. The minimum Gasteiger partial charge on any atom is -0.478 e. The summed E-state index contributed by atoms with van der Waals surface area (Å²) < 4.78 is 2.20. The van der Waals surface area contributed by atoms with Gasteiger partial charge in [0.2, 0.25) is 0 Å². The maximum Gasteiger partial charge on any atom is 0.336 e. The summed E-state index contributed by atoms with van der Waals surface area (Å²) in [4.78, 5) is 18.3. The molecule has 0 aliphatic rings. The third kappa shape index (κ3) is 5.61. The van der Waals surface area contributed by atoms with Crippen molar-refractivity contribution in [3.8, 4) is 23.3 Å². The summed E-state index contributed by atoms with van der Waals surface area (Å²) in [6, 6.07) is 22.8. The number of allylic oxidation sites excluding steroid dienone is 1. The monoisotopic (exact) mass is 518 g/mol. The maximum atomic E-state index is 11.7. The van der Waals surface area contributed by atoms with Crippen LogP contribution in [0.5, 0.6) is 0 Å². The molecule has 0 atom stereocenters. The van der Waals surface area contributed by atoms with E-state index in [1.54, 1.807) is 31.1 Å². The van der Waals surface area contributed by atoms with Crippen molar-refractivity contribution in [3.05, 3.63) is 94.6 Å². The SMILES string of the molecule is CCCc1nc2c(C)cc(NC(=C(C#N)C#N)N(C)C)cc2n1Cc1ccc(-c2ccccc2C(=O)O)cc1. The van der Waals surface area contributed by atoms with Crippen LogP contribution in [-0.2, 0) is 13.0 Å². The van der Waals surface area contributed by atoms with Crippen molar-refractivity contribution in [1.82, 2.24) is 14.5 Å². The normalized spacial score (nSPS) is 10.5. The first kappa shape index (κ1) is 27.0. The molecule has 0 bridgehead atoms. The number of carboxylic acid groups (broad SMARTS) is 1. The predicted octanol–water partition coefficient (Wildman–Crippen LogP) is 5.94. The quantitative estimate of drug-likeness (QED) is 0.263. The van der Waals surface area contributed by atoms with Crippen LogP contribution in [0.15, 0.2) is 72.1 Å². The number of fused-ring (bicyclic) bond motifs is 1. The second-order valence-electron chi connectivity index (χ2n) is 9.54. The average molecular weight is 519 g/mol. The summed E-state index contributed by atoms with van der Waals surface area (Å²) in [5, 5.41) is 31.7. The van der Waals surface area contributed by atoms with Crippen LogP contribution >= 0.6 is 0 Å². The number of rotatable bonds is 9. The Morgan fingerprint density at radius 2 is 1.77 bits per heavy atom. The molecule has 1 aromatic heterocycles. The van der Waals surface area contributed by atoms with Gasteiger partial charge in [-0.05, 0) is 53.8 Å². The maximum absolute atomic E-state index is 11.7. The van der Waals surface area contributed by atoms with Crippen LogP contribution in [0.4, 0.5) is 5.69 Å². The van der Waals surface area contributed by atoms with Crippen molar-refractivity contribution < 1.29 is 9.90 Å². The van der Waals surface area contributed by atoms with Gasteiger partial charge in [-0.1, -0.05) is 49.4 Å². The smallest absolute Gasteiger partial charge is 0.336 e. The van der Waals surface area contributed by atoms with E-state index in [9.17, 15) is 20.4 Å². The highest BCUT2D eigenvalue weighted by Crippen LogP contribution is 2.29. The molecule has 4 rings (SSSR count). The van der Waals surface area contributed by atoms with Crippen molar-refractivity contribution >= 4 is 22.7 Å². The molecular weight excluding hydrogens is 488 g/mol. The van der Waals surface area contributed by atoms with Gasteiger partial charge in [-0.3, -0.25) is 0 Å². The third-order valence-corrected chi connectivity index (χ3v) is 6.53. The molecule has 0 fully saturated rings. The highest BCUT2D eigenvalue weighted by Gasteiger charge is 2.17. The molecule has 0 radical (unpaired) electrons. The standard InChI is InChI=1S/C31H30N6O2/c1-5-8-28-35-29-20(2)15-24(34-30(36(3)4)23(17-32)18-33)16-27(29)37(28)19-21-11-13-22(14-12-21)25-9-6-7-10-26(25)31(38)39/h6-7,9-16,34H,5,8,19H2,1-4H3,(H,38,39). The number of nitriles is 2. The number of aromatic carboxylic acids is 1. The van der Waals surface area contributed by atoms with Crippen LogP contribution in [0.3, 0.4) is 0 Å². The van der Waals surface area contributed by atoms with Gasteiger partial charge >= 0.3 is 5.97 Å². The van der Waals surface area contributed by atoms with Crippen LogP contribution in [0.1, 0.15) is 40.7 Å². The summed E-state index contributed by atoms with van der Waals surface area (Å²) in [6.45, 7) is 4.72. The number of aryl methyl sites for hydroxylation is 2. The Kier molecular flexibility index (Phi) is 7.98. The highest BCUT2D eigenvalue weighted by molar-refractivity contribution is 5.96. The second kappa shape index (κ2) is 11.5. The first-order valence-corrected chi connectivity index (χ1v) is 12.7. The summed E-state index contributed by atoms with van der Waals surface area (Å²) >= 11 is 0. The summed E-state index contributed by atoms with van der Waals surface area (Å²) in [6.07, 6.45) is 1.76. The Hall–Kier alpha value is -5.08. The molecule has 4 aromatic rings. The number of anilines is 1. The van der Waals surface area contributed by atoms with Crippen molar-refractivity contribution in [2.75, 3.05) is 19.4 Å². The number of hydrogen-bond donors (Lipinski definition) is 2. The van der Waals surface area contributed by atoms with E-state index >= 15 is 0 Å². The Balaban J connectivity index is 1.75. The number of carbonyl (C=O) groups is 1. The van der Waals surface area contributed by atoms with Gasteiger partial charge in [0.25, 0.3) is 0 Å². The van der Waals surface area contributed by atoms with Crippen molar-refractivity contribution in [3.63, 3.8) is 0 Å². The van der Waals surface area contributed by atoms with E-state index < -0.39 is 5.97 Å². The second-order valence-corrected chi connectivity index (χ2v) is 9.54. The molecule has 2 N–H and O–H groups in total. The minimum absolute atomic E-state index is 0.00231. The first-order chi connectivity index (χ1) is 18.8. The lowest BCUT2D eigenvalue weighted by atomic mass is 9.99. The summed E-state index contributed by atoms with van der Waals surface area (Å²) in [5.41, 5.74) is 6.47. The van der Waals surface area contributed by atoms with Crippen molar-refractivity contribution in [2.45, 2.75) is 33.2 Å². The van der Waals surface area contributed by atoms with Gasteiger partial charge in [0.15, 0.2) is 5.57 Å². The van der Waals surface area contributed by atoms with E-state index in [0.29, 0.717) is 17.9 Å². The number of benzene rings is 3. The van der Waals surface area contributed by atoms with E-state index in [-0.39, 0.29) is 11.1 Å². The minimum atomic E-state index is -0.951. The molecule has 0 saturated heterocycles. The molecule has 0 saturated carbocycles. The number of carboxylic acids is 1. The molecular formula is C31H30N6O2. The third-order valence-electron chi connectivity index (χ3n) is 6.53. The van der Waals surface area contributed by atoms with E-state index in [2.05, 4.69) is 16.8 Å². The fourth-order valence-corrected chi connectivity index (χ4v) is 4.66. The fourth-order valence-electron chi connectivity index (χ4n) is 4.66. The number of nitrogens with one attached hydrogen (secondary N) is 1. The molecule has 0 aliphatic carbocycles. The first-order valence-electron chi connectivity index (χ1n) is 12.7. The van der Waals surface area contributed by atoms with Gasteiger partial charge in [0.1, 0.15) is 23.8 Å². The topological polar surface area (TPSA) is 118 Å². The Morgan fingerprint density at radius 3 is 2.38 bits per heavy atom. The largest absolute Gasteiger partial charge is 0.478 e. The lowest BCUT2D eigenvalue weighted by molar-refractivity contribution is 0.0697. The lowest BCUT2D eigenvalue weighted by Gasteiger charge is -2.19. The van der Waals surface area contributed by atoms with Gasteiger partial charge in [-0.25, -0.2) is 9.78 Å².